The van der Waals surface area contributed by atoms with Gasteiger partial charge in [-0.2, -0.15) is 0 Å². The van der Waals surface area contributed by atoms with Crippen LogP contribution in [0.3, 0.4) is 0 Å². The third-order valence-corrected chi connectivity index (χ3v) is 12.8. The Morgan fingerprint density at radius 1 is 0.579 bits per heavy atom. The SMILES string of the molecule is B=c1c(-c2cc3ccccc3c3ccccc23)c2c(B)c(B)c(B)c(B)c2c(-c2cccc(-c3nc4ccccc4n3-c3ccccc3)c2)/c1=C(B)/C(B)=C(/B)C. The van der Waals surface area contributed by atoms with Crippen molar-refractivity contribution in [1.29, 1.82) is 0 Å². The molecule has 0 saturated heterocycles. The molecule has 0 spiro atoms. The second-order valence-electron chi connectivity index (χ2n) is 16.0. The fraction of sp³-hybridized carbons (Fsp3) is 0.0213. The predicted octanol–water partition coefficient (Wildman–Crippen LogP) is 0.910. The number of aromatic nitrogens is 2. The molecule has 2 nitrogen and oxygen atoms in total. The van der Waals surface area contributed by atoms with Crippen LogP contribution in [0.5, 0.6) is 0 Å². The van der Waals surface area contributed by atoms with Gasteiger partial charge in [-0.15, -0.1) is 0 Å². The van der Waals surface area contributed by atoms with Gasteiger partial charge in [-0.3, -0.25) is 0 Å². The van der Waals surface area contributed by atoms with Gasteiger partial charge in [-0.05, 0) is 0 Å². The van der Waals surface area contributed by atoms with Crippen LogP contribution in [0.4, 0.5) is 0 Å². The molecular weight excluding hydrogens is 679 g/mol. The van der Waals surface area contributed by atoms with Crippen LogP contribution >= 0.6 is 0 Å². The topological polar surface area (TPSA) is 17.8 Å². The monoisotopic (exact) mass is 720 g/mol. The van der Waals surface area contributed by atoms with E-state index in [1.54, 1.807) is 0 Å². The fourth-order valence-corrected chi connectivity index (χ4v) is 9.18. The first kappa shape index (κ1) is 36.8. The van der Waals surface area contributed by atoms with Crippen LogP contribution in [0.25, 0.3) is 88.2 Å². The van der Waals surface area contributed by atoms with Crippen LogP contribution in [0.2, 0.25) is 0 Å². The summed E-state index contributed by atoms with van der Waals surface area (Å²) in [6, 6.07) is 48.2. The summed E-state index contributed by atoms with van der Waals surface area (Å²) in [5.41, 5.74) is 18.2. The van der Waals surface area contributed by atoms with Crippen molar-refractivity contribution >= 4 is 133 Å². The molecular formula is C47H40B8N2. The Kier molecular flexibility index (Phi) is 9.20. The van der Waals surface area contributed by atoms with Gasteiger partial charge < -0.3 is 0 Å². The Balaban J connectivity index is 1.48. The normalized spacial score (nSPS) is 12.7. The Morgan fingerprint density at radius 2 is 1.18 bits per heavy atom. The van der Waals surface area contributed by atoms with Gasteiger partial charge in [0.05, 0.1) is 0 Å². The summed E-state index contributed by atoms with van der Waals surface area (Å²) in [6.07, 6.45) is 0. The van der Waals surface area contributed by atoms with E-state index in [-0.39, 0.29) is 0 Å². The summed E-state index contributed by atoms with van der Waals surface area (Å²) in [6.45, 7) is 2.22. The van der Waals surface area contributed by atoms with Crippen LogP contribution in [-0.4, -0.2) is 72.0 Å². The summed E-state index contributed by atoms with van der Waals surface area (Å²) in [5, 5.41) is 9.84. The molecule has 262 valence electrons. The summed E-state index contributed by atoms with van der Waals surface area (Å²) >= 11 is 0. The van der Waals surface area contributed by atoms with Gasteiger partial charge >= 0.3 is 344 Å². The first-order valence-electron chi connectivity index (χ1n) is 20.0. The molecule has 0 aliphatic heterocycles. The number of fused-ring (bicyclic) bond motifs is 5. The zero-order valence-corrected chi connectivity index (χ0v) is 34.3. The minimum absolute atomic E-state index is 0.922. The molecule has 10 heteroatoms. The fourth-order valence-electron chi connectivity index (χ4n) is 9.18. The molecule has 0 N–H and O–H groups in total. The molecule has 1 heterocycles. The number of rotatable bonds is 5. The van der Waals surface area contributed by atoms with E-state index >= 15 is 0 Å². The summed E-state index contributed by atoms with van der Waals surface area (Å²) in [7, 11) is 21.1. The molecule has 0 bridgehead atoms. The number of hydrogen-bond donors (Lipinski definition) is 0. The summed E-state index contributed by atoms with van der Waals surface area (Å²) in [4.78, 5) is 5.29. The molecule has 0 aliphatic carbocycles. The van der Waals surface area contributed by atoms with Crippen LogP contribution < -0.4 is 27.1 Å². The second kappa shape index (κ2) is 14.3. The number of benzene rings is 8. The molecule has 0 radical (unpaired) electrons. The molecule has 0 aliphatic rings. The average Bonchev–Trinajstić information content (AvgIpc) is 3.64. The van der Waals surface area contributed by atoms with E-state index in [1.165, 1.54) is 92.5 Å². The van der Waals surface area contributed by atoms with Crippen molar-refractivity contribution in [3.63, 3.8) is 0 Å². The van der Waals surface area contributed by atoms with Gasteiger partial charge in [0.2, 0.25) is 0 Å². The third kappa shape index (κ3) is 5.83. The molecule has 8 aromatic carbocycles. The molecule has 0 saturated carbocycles. The van der Waals surface area contributed by atoms with Gasteiger partial charge in [0.1, 0.15) is 0 Å². The Bertz CT molecular complexity index is 3290. The van der Waals surface area contributed by atoms with Gasteiger partial charge in [0.25, 0.3) is 0 Å². The molecule has 0 fully saturated rings. The molecule has 57 heavy (non-hydrogen) atoms. The molecule has 0 amide bonds. The Labute approximate surface area is 342 Å². The number of hydrogen-bond acceptors (Lipinski definition) is 1. The minimum atomic E-state index is 0.922. The van der Waals surface area contributed by atoms with Crippen molar-refractivity contribution < 1.29 is 0 Å². The first-order valence-corrected chi connectivity index (χ1v) is 20.0. The Hall–Kier alpha value is -5.86. The number of para-hydroxylation sites is 3. The number of nitrogens with zero attached hydrogens (tertiary/aromatic N) is 2. The van der Waals surface area contributed by atoms with Gasteiger partial charge in [0, 0.05) is 0 Å². The van der Waals surface area contributed by atoms with Gasteiger partial charge in [0.15, 0.2) is 0 Å². The van der Waals surface area contributed by atoms with E-state index in [4.69, 9.17) is 12.5 Å². The van der Waals surface area contributed by atoms with Crippen molar-refractivity contribution in [3.05, 3.63) is 155 Å². The van der Waals surface area contributed by atoms with Crippen molar-refractivity contribution in [1.82, 2.24) is 9.55 Å². The van der Waals surface area contributed by atoms with Crippen molar-refractivity contribution in [2.45, 2.75) is 6.92 Å². The van der Waals surface area contributed by atoms with Crippen LogP contribution in [0.1, 0.15) is 6.92 Å². The maximum absolute atomic E-state index is 5.29. The predicted molar refractivity (Wildman–Crippen MR) is 270 cm³/mol. The second-order valence-corrected chi connectivity index (χ2v) is 16.0. The summed E-state index contributed by atoms with van der Waals surface area (Å²) in [5.74, 6) is 0.922. The zero-order valence-electron chi connectivity index (χ0n) is 34.3. The van der Waals surface area contributed by atoms with Crippen LogP contribution in [0.15, 0.2) is 144 Å². The average molecular weight is 719 g/mol. The van der Waals surface area contributed by atoms with E-state index in [9.17, 15) is 0 Å². The van der Waals surface area contributed by atoms with Gasteiger partial charge in [-0.1, -0.05) is 0 Å². The molecule has 9 aromatic rings. The standard InChI is InChI=1S/C47H40B8N2/c1-24(48)40(49)44(53)39-35(26-13-11-14-27(22-26)47-56-33-20-9-10-21-34(33)57(47)28-15-3-2-4-16-28)37-38(43(52)46(55)45(54)42(37)51)36(41(39)50)32-23-25-12-5-6-17-29(25)30-18-7-8-19-31(30)32/h2-23,50H,48-49,51-55H2,1H3/b40-24-,44-39+. The molecule has 9 rings (SSSR count). The zero-order chi connectivity index (χ0) is 39.7. The van der Waals surface area contributed by atoms with E-state index in [0.717, 1.165) is 38.8 Å². The molecule has 1 aromatic heterocycles. The molecule has 0 atom stereocenters. The maximum atomic E-state index is 5.29. The number of imidazole rings is 1. The number of allylic oxidation sites excluding steroid dienone is 2. The quantitative estimate of drug-likeness (QED) is 0.191. The van der Waals surface area contributed by atoms with E-state index in [1.807, 2.05) is 0 Å². The van der Waals surface area contributed by atoms with Crippen LogP contribution in [0, 0.1) is 5.11 Å². The Morgan fingerprint density at radius 3 is 1.89 bits per heavy atom. The van der Waals surface area contributed by atoms with Crippen molar-refractivity contribution in [2.75, 3.05) is 0 Å². The van der Waals surface area contributed by atoms with E-state index < -0.39 is 0 Å². The summed E-state index contributed by atoms with van der Waals surface area (Å²) < 4.78 is 2.29. The van der Waals surface area contributed by atoms with Gasteiger partial charge in [-0.25, -0.2) is 0 Å². The third-order valence-electron chi connectivity index (χ3n) is 12.8. The van der Waals surface area contributed by atoms with Crippen molar-refractivity contribution in [3.8, 4) is 39.3 Å². The molecule has 0 unspecified atom stereocenters. The van der Waals surface area contributed by atoms with E-state index in [0.29, 0.717) is 0 Å². The van der Waals surface area contributed by atoms with Crippen molar-refractivity contribution in [2.24, 2.45) is 0 Å². The van der Waals surface area contributed by atoms with Crippen LogP contribution in [-0.2, 0) is 0 Å². The first-order chi connectivity index (χ1) is 27.6. The van der Waals surface area contributed by atoms with E-state index in [2.05, 4.69) is 200 Å².